The maximum atomic E-state index is 11.0. The van der Waals surface area contributed by atoms with Crippen LogP contribution >= 0.6 is 140 Å². The number of methoxy groups -OCH3 is 1. The van der Waals surface area contributed by atoms with Gasteiger partial charge in [-0.25, -0.2) is 19.6 Å². The van der Waals surface area contributed by atoms with Crippen molar-refractivity contribution in [3.8, 4) is 0 Å². The first-order valence-corrected chi connectivity index (χ1v) is 28.4. The molecule has 0 aliphatic carbocycles. The van der Waals surface area contributed by atoms with Crippen LogP contribution in [-0.2, 0) is 9.66 Å². The molecule has 0 aromatic carbocycles. The Hall–Kier alpha value is 0.734. The first-order chi connectivity index (χ1) is 18.0. The molecule has 214 valence electrons. The number of rotatable bonds is 1. The summed E-state index contributed by atoms with van der Waals surface area (Å²) in [7, 11) is 1.33. The molecule has 5 aromatic heterocycles. The Morgan fingerprint density at radius 3 is 2.10 bits per heavy atom. The van der Waals surface area contributed by atoms with Crippen LogP contribution in [-0.4, -0.2) is 37.9 Å². The second-order valence-electron chi connectivity index (χ2n) is 5.88. The Bertz CT molecular complexity index is 1560. The van der Waals surface area contributed by atoms with Crippen LogP contribution in [0.4, 0.5) is 5.69 Å². The molecule has 0 bridgehead atoms. The minimum atomic E-state index is -0.457. The topological polar surface area (TPSA) is 144 Å². The number of carbonyl (C=O) groups is 1. The van der Waals surface area contributed by atoms with Gasteiger partial charge in [-0.15, -0.1) is 34.0 Å². The molecule has 0 unspecified atom stereocenters. The van der Waals surface area contributed by atoms with Gasteiger partial charge in [0.25, 0.3) is 5.56 Å². The van der Waals surface area contributed by atoms with Gasteiger partial charge >= 0.3 is 76.5 Å². The van der Waals surface area contributed by atoms with Gasteiger partial charge in [-0.1, -0.05) is 41.6 Å². The molecule has 0 saturated heterocycles. The third-order valence-electron chi connectivity index (χ3n) is 3.65. The van der Waals surface area contributed by atoms with E-state index in [0.29, 0.717) is 25.9 Å². The zero-order chi connectivity index (χ0) is 28.8. The van der Waals surface area contributed by atoms with Crippen LogP contribution in [0, 0.1) is 0 Å². The van der Waals surface area contributed by atoms with E-state index in [9.17, 15) is 14.4 Å². The maximum absolute atomic E-state index is 11.0. The monoisotopic (exact) mass is 1120 g/mol. The van der Waals surface area contributed by atoms with Crippen molar-refractivity contribution in [2.75, 3.05) is 17.8 Å². The summed E-state index contributed by atoms with van der Waals surface area (Å²) in [6.45, 7) is 0. The van der Waals surface area contributed by atoms with Crippen LogP contribution in [0.1, 0.15) is 17.1 Å². The first kappa shape index (κ1) is 39.7. The summed E-state index contributed by atoms with van der Waals surface area (Å²) in [5.74, 6) is -0.368. The number of fused-ring (bicyclic) bond motifs is 2. The first-order valence-electron chi connectivity index (χ1n) is 9.36. The zero-order valence-electron chi connectivity index (χ0n) is 19.0. The Kier molecular flexibility index (Phi) is 21.8. The van der Waals surface area contributed by atoms with Crippen LogP contribution in [0.15, 0.2) is 43.9 Å². The van der Waals surface area contributed by atoms with Crippen LogP contribution < -0.4 is 17.0 Å². The molecule has 0 aliphatic rings. The van der Waals surface area contributed by atoms with Gasteiger partial charge in [-0.05, 0) is 50.9 Å². The van der Waals surface area contributed by atoms with Crippen molar-refractivity contribution in [2.24, 2.45) is 0 Å². The molecule has 5 rings (SSSR count). The fraction of sp³-hybridized carbons (Fsp3) is 0.150. The fourth-order valence-corrected chi connectivity index (χ4v) is 4.99. The number of carbonyl (C=O) groups excluding carboxylic acids is 1. The van der Waals surface area contributed by atoms with E-state index in [1.807, 2.05) is 16.4 Å². The third-order valence-corrected chi connectivity index (χ3v) is 6.94. The number of hydrogen-bond acceptors (Lipinski definition) is 10. The number of halogens is 6. The standard InChI is InChI=1S/C6H2Cl2N2S.C6H4N2O2S.C6H7NO2S.CH3I.CH4.3HI.V/c7-5-4-3(1-2-11-4)9-6(8)10-5;9-5-4-3(1-2-11-4)7-6(10)8-5;1-9-6(8)5-4(7)2-3-10-5;1-2;;;;;/h1-2H;1-2H,(H2,7,8,9,10);2-3H,7H2,1H3;1H3;1H4;3*1H;/q;;;;;;;;+3/p-3. The summed E-state index contributed by atoms with van der Waals surface area (Å²) in [5.41, 5.74) is 6.54. The van der Waals surface area contributed by atoms with E-state index in [4.69, 9.17) is 28.9 Å². The van der Waals surface area contributed by atoms with E-state index < -0.39 is 5.69 Å². The number of H-pyrrole nitrogens is 2. The summed E-state index contributed by atoms with van der Waals surface area (Å²) >= 11 is 25.0. The molecule has 9 nitrogen and oxygen atoms in total. The average molecular weight is 1120 g/mol. The minimum absolute atomic E-state index is 0. The number of ether oxygens (including phenoxy) is 1. The number of nitrogens with one attached hydrogen (secondary N) is 2. The predicted molar refractivity (Wildman–Crippen MR) is 199 cm³/mol. The molecule has 0 radical (unpaired) electrons. The third kappa shape index (κ3) is 14.2. The van der Waals surface area contributed by atoms with Gasteiger partial charge in [0.15, 0.2) is 5.15 Å². The number of alkyl halides is 1. The summed E-state index contributed by atoms with van der Waals surface area (Å²) in [6, 6.07) is 5.24. The quantitative estimate of drug-likeness (QED) is 0.0501. The second-order valence-corrected chi connectivity index (χ2v) is 44.7. The number of nitrogens with zero attached hydrogens (tertiary/aromatic N) is 2. The van der Waals surface area contributed by atoms with Gasteiger partial charge in [0, 0.05) is 0 Å². The Morgan fingerprint density at radius 1 is 0.974 bits per heavy atom. The molecule has 5 aromatic rings. The molecule has 0 spiro atoms. The number of nitrogens with two attached hydrogens (primary N) is 1. The molecule has 39 heavy (non-hydrogen) atoms. The number of hydrogen-bond donors (Lipinski definition) is 3. The number of thiophene rings is 3. The van der Waals surface area contributed by atoms with Gasteiger partial charge in [0.2, 0.25) is 5.28 Å². The van der Waals surface area contributed by atoms with Gasteiger partial charge < -0.3 is 15.5 Å². The van der Waals surface area contributed by atoms with Crippen LogP contribution in [0.2, 0.25) is 10.4 Å². The number of nitrogen functional groups attached to an aromatic ring is 1. The van der Waals surface area contributed by atoms with E-state index in [0.717, 1.165) is 10.2 Å². The van der Waals surface area contributed by atoms with E-state index in [1.54, 1.807) is 22.9 Å². The molecular weight excluding hydrogens is 1100 g/mol. The zero-order valence-corrected chi connectivity index (χ0v) is 33.0. The van der Waals surface area contributed by atoms with Crippen molar-refractivity contribution in [1.29, 1.82) is 0 Å². The molecule has 19 heteroatoms. The second kappa shape index (κ2) is 21.4. The van der Waals surface area contributed by atoms with Gasteiger partial charge in [0.1, 0.15) is 9.58 Å². The van der Waals surface area contributed by atoms with E-state index in [-0.39, 0.29) is 29.2 Å². The van der Waals surface area contributed by atoms with Crippen molar-refractivity contribution in [1.82, 2.24) is 19.9 Å². The Morgan fingerprint density at radius 2 is 1.54 bits per heavy atom. The predicted octanol–water partition coefficient (Wildman–Crippen LogP) is 8.73. The van der Waals surface area contributed by atoms with Crippen molar-refractivity contribution in [2.45, 2.75) is 7.43 Å². The Labute approximate surface area is 297 Å². The number of esters is 1. The summed E-state index contributed by atoms with van der Waals surface area (Å²) in [6.07, 6.45) is 0. The average Bonchev–Trinajstić information content (AvgIpc) is 3.61. The number of aromatic amines is 2. The van der Waals surface area contributed by atoms with Crippen LogP contribution in [0.3, 0.4) is 0 Å². The van der Waals surface area contributed by atoms with E-state index >= 15 is 0 Å². The van der Waals surface area contributed by atoms with Gasteiger partial charge in [-0.2, -0.15) is 0 Å². The van der Waals surface area contributed by atoms with Crippen LogP contribution in [0.5, 0.6) is 0 Å². The number of anilines is 1. The van der Waals surface area contributed by atoms with Crippen molar-refractivity contribution in [3.05, 3.63) is 70.5 Å². The van der Waals surface area contributed by atoms with Gasteiger partial charge in [-0.3, -0.25) is 9.78 Å². The molecule has 0 fully saturated rings. The van der Waals surface area contributed by atoms with Crippen LogP contribution in [0.25, 0.3) is 20.4 Å². The van der Waals surface area contributed by atoms with Crippen molar-refractivity contribution >= 4 is 172 Å². The van der Waals surface area contributed by atoms with E-state index in [1.165, 1.54) is 41.1 Å². The molecule has 0 aliphatic heterocycles. The normalized spacial score (nSPS) is 9.46. The molecule has 0 amide bonds. The fourth-order valence-electron chi connectivity index (χ4n) is 2.28. The van der Waals surface area contributed by atoms with Crippen molar-refractivity contribution < 1.29 is 14.5 Å². The SMILES string of the molecule is C.CI.COC(=O)c1sccc1N.Clc1nc(Cl)c2sccc2n1.O=c1[nH]c(=O)c2sccc2[nH]1.[I][V]([I])[I]. The van der Waals surface area contributed by atoms with Gasteiger partial charge in [0.05, 0.1) is 28.5 Å². The molecular formula is C20H20Cl2I4N5O4S3V. The molecule has 5 heterocycles. The summed E-state index contributed by atoms with van der Waals surface area (Å²) < 4.78 is 5.91. The summed E-state index contributed by atoms with van der Waals surface area (Å²) in [5, 5.41) is 6.04. The molecule has 4 N–H and O–H groups in total. The summed E-state index contributed by atoms with van der Waals surface area (Å²) in [4.78, 5) is 47.1. The van der Waals surface area contributed by atoms with E-state index in [2.05, 4.69) is 107 Å². The number of aromatic nitrogens is 4. The molecule has 0 atom stereocenters. The molecule has 0 saturated carbocycles. The Balaban J connectivity index is 0.000000500. The van der Waals surface area contributed by atoms with Crippen molar-refractivity contribution in [3.63, 3.8) is 0 Å².